The zero-order valence-electron chi connectivity index (χ0n) is 21.8. The van der Waals surface area contributed by atoms with Gasteiger partial charge in [-0.1, -0.05) is 12.1 Å². The summed E-state index contributed by atoms with van der Waals surface area (Å²) in [5.74, 6) is -0.479. The highest BCUT2D eigenvalue weighted by molar-refractivity contribution is 6.04. The van der Waals surface area contributed by atoms with Gasteiger partial charge in [0.2, 0.25) is 5.91 Å². The van der Waals surface area contributed by atoms with Crippen LogP contribution in [0.3, 0.4) is 0 Å². The number of fused-ring (bicyclic) bond motifs is 6. The molecule has 11 heteroatoms. The fourth-order valence-corrected chi connectivity index (χ4v) is 5.81. The number of aromatic nitrogens is 1. The summed E-state index contributed by atoms with van der Waals surface area (Å²) in [5.41, 5.74) is 5.76. The average Bonchev–Trinajstić information content (AvgIpc) is 3.27. The largest absolute Gasteiger partial charge is 0.492 e. The molecule has 2 saturated heterocycles. The monoisotopic (exact) mass is 533 g/mol. The van der Waals surface area contributed by atoms with Gasteiger partial charge in [0.05, 0.1) is 25.7 Å². The molecule has 0 aliphatic carbocycles. The van der Waals surface area contributed by atoms with E-state index in [4.69, 9.17) is 14.7 Å². The maximum absolute atomic E-state index is 13.2. The number of likely N-dealkylation sites (N-methyl/N-ethyl adjacent to an activating group) is 1. The van der Waals surface area contributed by atoms with Crippen LogP contribution < -0.4 is 10.2 Å². The molecule has 204 valence electrons. The third-order valence-corrected chi connectivity index (χ3v) is 7.90. The third kappa shape index (κ3) is 4.62. The van der Waals surface area contributed by atoms with Gasteiger partial charge >= 0.3 is 6.03 Å². The molecule has 0 radical (unpaired) electrons. The van der Waals surface area contributed by atoms with E-state index in [1.54, 1.807) is 22.5 Å². The Balaban J connectivity index is 1.35. The van der Waals surface area contributed by atoms with Crippen molar-refractivity contribution >= 4 is 28.7 Å². The summed E-state index contributed by atoms with van der Waals surface area (Å²) in [4.78, 5) is 43.1. The third-order valence-electron chi connectivity index (χ3n) is 7.90. The lowest BCUT2D eigenvalue weighted by molar-refractivity contribution is -0.132. The topological polar surface area (TPSA) is 117 Å². The SMILES string of the molecule is CN1C(=O)[C@@H]2CN(Cc3c2c2cc(OCCN4CCOCC4)ccc2n3Cc2ccc(C(=O)NO)cc2)C1=O. The summed E-state index contributed by atoms with van der Waals surface area (Å²) in [7, 11) is 1.54. The maximum Gasteiger partial charge on any atom is 0.326 e. The number of amides is 4. The van der Waals surface area contributed by atoms with E-state index >= 15 is 0 Å². The lowest BCUT2D eigenvalue weighted by Crippen LogP contribution is -2.56. The Bertz CT molecular complexity index is 1430. The van der Waals surface area contributed by atoms with Crippen molar-refractivity contribution in [3.8, 4) is 5.75 Å². The van der Waals surface area contributed by atoms with Crippen LogP contribution in [0.5, 0.6) is 5.75 Å². The molecule has 6 rings (SSSR count). The van der Waals surface area contributed by atoms with Gasteiger partial charge in [-0.25, -0.2) is 10.3 Å². The molecule has 4 heterocycles. The molecule has 2 bridgehead atoms. The van der Waals surface area contributed by atoms with Gasteiger partial charge in [0, 0.05) is 61.9 Å². The predicted octanol–water partition coefficient (Wildman–Crippen LogP) is 2.01. The van der Waals surface area contributed by atoms with Crippen molar-refractivity contribution in [3.63, 3.8) is 0 Å². The molecule has 2 aromatic carbocycles. The number of urea groups is 1. The van der Waals surface area contributed by atoms with Crippen molar-refractivity contribution in [2.45, 2.75) is 19.0 Å². The summed E-state index contributed by atoms with van der Waals surface area (Å²) in [5, 5.41) is 9.86. The van der Waals surface area contributed by atoms with Crippen LogP contribution in [0.2, 0.25) is 0 Å². The van der Waals surface area contributed by atoms with Gasteiger partial charge in [-0.2, -0.15) is 0 Å². The van der Waals surface area contributed by atoms with E-state index in [0.717, 1.165) is 66.3 Å². The first-order valence-corrected chi connectivity index (χ1v) is 13.1. The van der Waals surface area contributed by atoms with Crippen LogP contribution in [0.1, 0.15) is 33.1 Å². The van der Waals surface area contributed by atoms with Gasteiger partial charge in [-0.3, -0.25) is 24.6 Å². The number of morpholine rings is 1. The first-order chi connectivity index (χ1) is 18.9. The van der Waals surface area contributed by atoms with E-state index in [2.05, 4.69) is 9.47 Å². The van der Waals surface area contributed by atoms with E-state index in [0.29, 0.717) is 31.8 Å². The zero-order valence-corrected chi connectivity index (χ0v) is 21.8. The minimum Gasteiger partial charge on any atom is -0.492 e. The van der Waals surface area contributed by atoms with Crippen LogP contribution in [0.4, 0.5) is 4.79 Å². The summed E-state index contributed by atoms with van der Waals surface area (Å²) in [6.07, 6.45) is 0. The number of carbonyl (C=O) groups excluding carboxylic acids is 3. The minimum atomic E-state index is -0.576. The standard InChI is InChI=1S/C28H31N5O6/c1-30-27(35)22-16-32(28(30)36)17-24-25(22)21-14-20(39-13-10-31-8-11-38-12-9-31)6-7-23(21)33(24)15-18-2-4-19(5-3-18)26(34)29-37/h2-7,14,22,37H,8-13,15-17H2,1H3,(H,29,34)/t22-/m1/s1. The Labute approximate surface area is 225 Å². The molecule has 0 spiro atoms. The second-order valence-corrected chi connectivity index (χ2v) is 10.2. The van der Waals surface area contributed by atoms with E-state index < -0.39 is 11.8 Å². The highest BCUT2D eigenvalue weighted by Gasteiger charge is 2.44. The van der Waals surface area contributed by atoms with Gasteiger partial charge in [0.15, 0.2) is 0 Å². The van der Waals surface area contributed by atoms with E-state index in [1.165, 1.54) is 11.9 Å². The molecule has 11 nitrogen and oxygen atoms in total. The Hall–Kier alpha value is -3.93. The molecule has 0 saturated carbocycles. The molecule has 3 aliphatic rings. The van der Waals surface area contributed by atoms with Crippen molar-refractivity contribution in [2.75, 3.05) is 53.0 Å². The van der Waals surface area contributed by atoms with Crippen LogP contribution >= 0.6 is 0 Å². The summed E-state index contributed by atoms with van der Waals surface area (Å²) in [6, 6.07) is 12.7. The molecular weight excluding hydrogens is 502 g/mol. The number of rotatable bonds is 7. The smallest absolute Gasteiger partial charge is 0.326 e. The van der Waals surface area contributed by atoms with E-state index in [1.807, 2.05) is 30.3 Å². The van der Waals surface area contributed by atoms with Gasteiger partial charge in [-0.15, -0.1) is 0 Å². The van der Waals surface area contributed by atoms with Crippen molar-refractivity contribution in [1.29, 1.82) is 0 Å². The number of benzene rings is 2. The number of hydrogen-bond acceptors (Lipinski definition) is 7. The molecule has 4 amide bonds. The van der Waals surface area contributed by atoms with E-state index in [-0.39, 0.29) is 11.9 Å². The first kappa shape index (κ1) is 25.4. The minimum absolute atomic E-state index is 0.200. The lowest BCUT2D eigenvalue weighted by Gasteiger charge is -2.41. The number of hydroxylamine groups is 1. The van der Waals surface area contributed by atoms with Crippen LogP contribution in [0.15, 0.2) is 42.5 Å². The fraction of sp³-hybridized carbons (Fsp3) is 0.393. The Morgan fingerprint density at radius 1 is 1.13 bits per heavy atom. The second-order valence-electron chi connectivity index (χ2n) is 10.2. The number of imide groups is 1. The zero-order chi connectivity index (χ0) is 27.1. The van der Waals surface area contributed by atoms with Crippen molar-refractivity contribution in [2.24, 2.45) is 0 Å². The molecule has 39 heavy (non-hydrogen) atoms. The van der Waals surface area contributed by atoms with Crippen LogP contribution in [0, 0.1) is 0 Å². The second kappa shape index (κ2) is 10.3. The van der Waals surface area contributed by atoms with Crippen molar-refractivity contribution < 1.29 is 29.1 Å². The maximum atomic E-state index is 13.2. The van der Waals surface area contributed by atoms with Gasteiger partial charge in [-0.05, 0) is 41.5 Å². The average molecular weight is 534 g/mol. The Kier molecular flexibility index (Phi) is 6.71. The normalized spacial score (nSPS) is 19.4. The van der Waals surface area contributed by atoms with Gasteiger partial charge in [0.25, 0.3) is 5.91 Å². The summed E-state index contributed by atoms with van der Waals surface area (Å²) in [6.45, 7) is 5.90. The Morgan fingerprint density at radius 3 is 2.64 bits per heavy atom. The molecule has 2 N–H and O–H groups in total. The predicted molar refractivity (Wildman–Crippen MR) is 141 cm³/mol. The molecule has 2 fully saturated rings. The molecule has 1 atom stereocenters. The number of hydrogen-bond donors (Lipinski definition) is 2. The van der Waals surface area contributed by atoms with Crippen LogP contribution in [-0.2, 0) is 22.6 Å². The van der Waals surface area contributed by atoms with Crippen LogP contribution in [0.25, 0.3) is 10.9 Å². The number of carbonyl (C=O) groups is 3. The van der Waals surface area contributed by atoms with Gasteiger partial charge < -0.3 is 18.9 Å². The molecule has 3 aromatic rings. The highest BCUT2D eigenvalue weighted by Crippen LogP contribution is 2.41. The first-order valence-electron chi connectivity index (χ1n) is 13.1. The molecule has 1 aromatic heterocycles. The number of ether oxygens (including phenoxy) is 2. The summed E-state index contributed by atoms with van der Waals surface area (Å²) < 4.78 is 13.7. The fourth-order valence-electron chi connectivity index (χ4n) is 5.81. The molecular formula is C28H31N5O6. The van der Waals surface area contributed by atoms with Crippen molar-refractivity contribution in [3.05, 3.63) is 64.8 Å². The van der Waals surface area contributed by atoms with Crippen LogP contribution in [-0.4, -0.2) is 95.4 Å². The molecule has 3 aliphatic heterocycles. The Morgan fingerprint density at radius 2 is 1.90 bits per heavy atom. The quantitative estimate of drug-likeness (QED) is 0.353. The van der Waals surface area contributed by atoms with Crippen molar-refractivity contribution in [1.82, 2.24) is 24.7 Å². The molecule has 0 unspecified atom stereocenters. The number of nitrogens with zero attached hydrogens (tertiary/aromatic N) is 4. The summed E-state index contributed by atoms with van der Waals surface area (Å²) >= 11 is 0. The van der Waals surface area contributed by atoms with E-state index in [9.17, 15) is 14.4 Å². The number of nitrogens with one attached hydrogen (secondary N) is 1. The highest BCUT2D eigenvalue weighted by atomic mass is 16.5. The van der Waals surface area contributed by atoms with Gasteiger partial charge in [0.1, 0.15) is 12.4 Å². The lowest BCUT2D eigenvalue weighted by atomic mass is 9.89.